The van der Waals surface area contributed by atoms with Crippen molar-refractivity contribution in [3.05, 3.63) is 29.3 Å². The number of benzene rings is 1. The monoisotopic (exact) mass is 166 g/mol. The molecule has 0 atom stereocenters. The third kappa shape index (κ3) is 1.39. The van der Waals surface area contributed by atoms with E-state index in [2.05, 4.69) is 11.1 Å². The zero-order valence-electron chi connectivity index (χ0n) is 6.37. The molecule has 3 N–H and O–H groups in total. The van der Waals surface area contributed by atoms with Gasteiger partial charge in [0.05, 0.1) is 15.2 Å². The van der Waals surface area contributed by atoms with E-state index in [9.17, 15) is 0 Å². The molecule has 58 valence electrons. The van der Waals surface area contributed by atoms with E-state index in [1.165, 1.54) is 4.70 Å². The van der Waals surface area contributed by atoms with Crippen LogP contribution in [-0.4, -0.2) is 4.98 Å². The lowest BCUT2D eigenvalue weighted by molar-refractivity contribution is 1.35. The van der Waals surface area contributed by atoms with Crippen LogP contribution >= 0.6 is 11.3 Å². The van der Waals surface area contributed by atoms with Crippen LogP contribution in [0.1, 0.15) is 5.01 Å². The third-order valence-corrected chi connectivity index (χ3v) is 2.35. The fraction of sp³-hybridized carbons (Fsp3) is 0.125. The Labute approximate surface area is 69.5 Å². The van der Waals surface area contributed by atoms with Crippen LogP contribution in [0.3, 0.4) is 0 Å². The van der Waals surface area contributed by atoms with Crippen molar-refractivity contribution in [3.63, 3.8) is 0 Å². The molecular formula is C8H10N2S. The topological polar surface area (TPSA) is 47.9 Å². The summed E-state index contributed by atoms with van der Waals surface area (Å²) in [6.07, 6.45) is 0. The minimum Gasteiger partial charge on any atom is -0.344 e. The zero-order valence-corrected chi connectivity index (χ0v) is 7.19. The first-order chi connectivity index (χ1) is 4.86. The molecule has 11 heavy (non-hydrogen) atoms. The van der Waals surface area contributed by atoms with E-state index >= 15 is 0 Å². The van der Waals surface area contributed by atoms with Crippen molar-refractivity contribution >= 4 is 21.6 Å². The molecule has 2 nitrogen and oxygen atoms in total. The van der Waals surface area contributed by atoms with E-state index in [1.807, 2.05) is 25.1 Å². The van der Waals surface area contributed by atoms with Gasteiger partial charge in [-0.25, -0.2) is 4.98 Å². The molecule has 1 heterocycles. The Morgan fingerprint density at radius 3 is 2.73 bits per heavy atom. The van der Waals surface area contributed by atoms with Gasteiger partial charge in [0.2, 0.25) is 0 Å². The second kappa shape index (κ2) is 2.98. The van der Waals surface area contributed by atoms with Gasteiger partial charge < -0.3 is 6.15 Å². The molecule has 0 amide bonds. The SMILES string of the molecule is Cc1nc2ccccc2s1.N. The normalized spacial score (nSPS) is 9.55. The van der Waals surface area contributed by atoms with Crippen molar-refractivity contribution in [2.45, 2.75) is 6.92 Å². The van der Waals surface area contributed by atoms with Crippen molar-refractivity contribution in [2.24, 2.45) is 0 Å². The Morgan fingerprint density at radius 1 is 1.27 bits per heavy atom. The van der Waals surface area contributed by atoms with Crippen LogP contribution in [0, 0.1) is 6.92 Å². The van der Waals surface area contributed by atoms with Gasteiger partial charge in [-0.1, -0.05) is 12.1 Å². The molecule has 0 aliphatic heterocycles. The Bertz CT molecular complexity index is 321. The minimum absolute atomic E-state index is 0. The molecule has 1 aromatic carbocycles. The number of aromatic nitrogens is 1. The first-order valence-electron chi connectivity index (χ1n) is 3.18. The predicted octanol–water partition coefficient (Wildman–Crippen LogP) is 2.77. The average molecular weight is 166 g/mol. The fourth-order valence-electron chi connectivity index (χ4n) is 0.987. The first-order valence-corrected chi connectivity index (χ1v) is 4.00. The number of hydrogen-bond acceptors (Lipinski definition) is 3. The number of fused-ring (bicyclic) bond motifs is 1. The van der Waals surface area contributed by atoms with Crippen LogP contribution in [0.2, 0.25) is 0 Å². The Morgan fingerprint density at radius 2 is 2.00 bits per heavy atom. The number of para-hydroxylation sites is 1. The number of rotatable bonds is 0. The smallest absolute Gasteiger partial charge is 0.0907 e. The Balaban J connectivity index is 0.000000605. The molecule has 0 bridgehead atoms. The van der Waals surface area contributed by atoms with Crippen molar-refractivity contribution in [1.82, 2.24) is 11.1 Å². The first kappa shape index (κ1) is 8.17. The summed E-state index contributed by atoms with van der Waals surface area (Å²) in [5.74, 6) is 0. The van der Waals surface area contributed by atoms with Crippen molar-refractivity contribution < 1.29 is 0 Å². The van der Waals surface area contributed by atoms with Gasteiger partial charge in [0.1, 0.15) is 0 Å². The summed E-state index contributed by atoms with van der Waals surface area (Å²) in [6, 6.07) is 8.19. The summed E-state index contributed by atoms with van der Waals surface area (Å²) in [5, 5.41) is 1.14. The second-order valence-electron chi connectivity index (χ2n) is 2.20. The van der Waals surface area contributed by atoms with Gasteiger partial charge in [0.25, 0.3) is 0 Å². The van der Waals surface area contributed by atoms with Gasteiger partial charge in [-0.2, -0.15) is 0 Å². The summed E-state index contributed by atoms with van der Waals surface area (Å²) in [7, 11) is 0. The summed E-state index contributed by atoms with van der Waals surface area (Å²) >= 11 is 1.74. The molecule has 3 heteroatoms. The second-order valence-corrected chi connectivity index (χ2v) is 3.44. The highest BCUT2D eigenvalue weighted by Crippen LogP contribution is 2.19. The van der Waals surface area contributed by atoms with Crippen LogP contribution in [-0.2, 0) is 0 Å². The van der Waals surface area contributed by atoms with Gasteiger partial charge in [-0.15, -0.1) is 11.3 Å². The predicted molar refractivity (Wildman–Crippen MR) is 49.4 cm³/mol. The van der Waals surface area contributed by atoms with E-state index in [0.29, 0.717) is 0 Å². The average Bonchev–Trinajstić information content (AvgIpc) is 2.27. The summed E-state index contributed by atoms with van der Waals surface area (Å²) in [6.45, 7) is 2.03. The maximum Gasteiger partial charge on any atom is 0.0907 e. The molecule has 0 radical (unpaired) electrons. The largest absolute Gasteiger partial charge is 0.344 e. The number of aryl methyl sites for hydroxylation is 1. The molecule has 0 unspecified atom stereocenters. The van der Waals surface area contributed by atoms with Crippen molar-refractivity contribution in [3.8, 4) is 0 Å². The molecule has 0 spiro atoms. The number of thiazole rings is 1. The van der Waals surface area contributed by atoms with E-state index < -0.39 is 0 Å². The lowest BCUT2D eigenvalue weighted by Gasteiger charge is -1.80. The molecule has 2 rings (SSSR count). The standard InChI is InChI=1S/C8H7NS.H3N/c1-6-9-7-4-2-3-5-8(7)10-6;/h2-5H,1H3;1H3. The van der Waals surface area contributed by atoms with Crippen LogP contribution in [0.25, 0.3) is 10.2 Å². The molecule has 2 aromatic rings. The molecule has 0 aliphatic rings. The summed E-state index contributed by atoms with van der Waals surface area (Å²) in [4.78, 5) is 4.33. The van der Waals surface area contributed by atoms with E-state index in [1.54, 1.807) is 11.3 Å². The van der Waals surface area contributed by atoms with Gasteiger partial charge in [-0.3, -0.25) is 0 Å². The molecule has 0 fully saturated rings. The van der Waals surface area contributed by atoms with Gasteiger partial charge in [-0.05, 0) is 19.1 Å². The Hall–Kier alpha value is -0.930. The highest BCUT2D eigenvalue weighted by atomic mass is 32.1. The summed E-state index contributed by atoms with van der Waals surface area (Å²) in [5.41, 5.74) is 1.12. The van der Waals surface area contributed by atoms with Crippen molar-refractivity contribution in [2.75, 3.05) is 0 Å². The van der Waals surface area contributed by atoms with Crippen molar-refractivity contribution in [1.29, 1.82) is 0 Å². The van der Waals surface area contributed by atoms with Crippen LogP contribution < -0.4 is 6.15 Å². The van der Waals surface area contributed by atoms with Crippen LogP contribution in [0.4, 0.5) is 0 Å². The molecule has 0 saturated heterocycles. The lowest BCUT2D eigenvalue weighted by atomic mass is 10.3. The quantitative estimate of drug-likeness (QED) is 0.654. The molecular weight excluding hydrogens is 156 g/mol. The maximum atomic E-state index is 4.33. The fourth-order valence-corrected chi connectivity index (χ4v) is 1.81. The lowest BCUT2D eigenvalue weighted by Crippen LogP contribution is -1.65. The van der Waals surface area contributed by atoms with E-state index in [0.717, 1.165) is 10.5 Å². The molecule has 0 aliphatic carbocycles. The summed E-state index contributed by atoms with van der Waals surface area (Å²) < 4.78 is 1.28. The van der Waals surface area contributed by atoms with Gasteiger partial charge >= 0.3 is 0 Å². The highest BCUT2D eigenvalue weighted by Gasteiger charge is 1.95. The van der Waals surface area contributed by atoms with Gasteiger partial charge in [0.15, 0.2) is 0 Å². The zero-order chi connectivity index (χ0) is 6.97. The molecule has 1 aromatic heterocycles. The van der Waals surface area contributed by atoms with E-state index in [4.69, 9.17) is 0 Å². The minimum atomic E-state index is 0. The maximum absolute atomic E-state index is 4.33. The van der Waals surface area contributed by atoms with Gasteiger partial charge in [0, 0.05) is 0 Å². The molecule has 0 saturated carbocycles. The van der Waals surface area contributed by atoms with Crippen LogP contribution in [0.15, 0.2) is 24.3 Å². The van der Waals surface area contributed by atoms with Crippen LogP contribution in [0.5, 0.6) is 0 Å². The third-order valence-electron chi connectivity index (χ3n) is 1.40. The van der Waals surface area contributed by atoms with E-state index in [-0.39, 0.29) is 6.15 Å². The number of hydrogen-bond donors (Lipinski definition) is 1. The highest BCUT2D eigenvalue weighted by molar-refractivity contribution is 7.18. The Kier molecular flexibility index (Phi) is 2.22. The number of nitrogens with zero attached hydrogens (tertiary/aromatic N) is 1.